The first-order valence-electron chi connectivity index (χ1n) is 9.20. The van der Waals surface area contributed by atoms with Crippen LogP contribution in [0.2, 0.25) is 0 Å². The van der Waals surface area contributed by atoms with Crippen LogP contribution in [0.3, 0.4) is 0 Å². The van der Waals surface area contributed by atoms with Gasteiger partial charge in [-0.15, -0.1) is 0 Å². The van der Waals surface area contributed by atoms with Crippen LogP contribution in [-0.2, 0) is 11.2 Å². The summed E-state index contributed by atoms with van der Waals surface area (Å²) in [6, 6.07) is 16.9. The fourth-order valence-electron chi connectivity index (χ4n) is 3.26. The highest BCUT2D eigenvalue weighted by molar-refractivity contribution is 5.94. The Hall–Kier alpha value is -2.82. The summed E-state index contributed by atoms with van der Waals surface area (Å²) in [6.45, 7) is 0. The van der Waals surface area contributed by atoms with Crippen LogP contribution >= 0.6 is 0 Å². The Kier molecular flexibility index (Phi) is 6.25. The van der Waals surface area contributed by atoms with E-state index in [9.17, 15) is 9.59 Å². The summed E-state index contributed by atoms with van der Waals surface area (Å²) in [7, 11) is 0. The van der Waals surface area contributed by atoms with E-state index in [0.29, 0.717) is 17.8 Å². The quantitative estimate of drug-likeness (QED) is 0.751. The first-order chi connectivity index (χ1) is 12.7. The number of rotatable bonds is 5. The standard InChI is InChI=1S/C21H25N3O2/c25-20(14-16-8-3-1-4-9-16)22-18-12-7-13-19(15-18)24-21(26)23-17-10-5-2-6-11-17/h1,3-4,7-9,12-13,15,17H,2,5-6,10-11,14H2,(H,22,25)(H2,23,24,26). The zero-order valence-corrected chi connectivity index (χ0v) is 14.8. The minimum Gasteiger partial charge on any atom is -0.335 e. The molecular weight excluding hydrogens is 326 g/mol. The number of benzene rings is 2. The predicted octanol–water partition coefficient (Wildman–Crippen LogP) is 4.32. The Labute approximate surface area is 154 Å². The van der Waals surface area contributed by atoms with Crippen LogP contribution in [0.5, 0.6) is 0 Å². The van der Waals surface area contributed by atoms with Gasteiger partial charge in [-0.2, -0.15) is 0 Å². The average Bonchev–Trinajstić information content (AvgIpc) is 2.63. The van der Waals surface area contributed by atoms with E-state index in [-0.39, 0.29) is 18.0 Å². The molecule has 136 valence electrons. The molecule has 0 heterocycles. The molecule has 2 aromatic rings. The molecule has 0 aliphatic heterocycles. The van der Waals surface area contributed by atoms with E-state index in [2.05, 4.69) is 16.0 Å². The van der Waals surface area contributed by atoms with Gasteiger partial charge in [-0.1, -0.05) is 55.7 Å². The minimum atomic E-state index is -0.190. The minimum absolute atomic E-state index is 0.0833. The zero-order valence-electron chi connectivity index (χ0n) is 14.8. The topological polar surface area (TPSA) is 70.2 Å². The summed E-state index contributed by atoms with van der Waals surface area (Å²) in [5, 5.41) is 8.75. The van der Waals surface area contributed by atoms with Crippen molar-refractivity contribution in [1.29, 1.82) is 0 Å². The fourth-order valence-corrected chi connectivity index (χ4v) is 3.26. The zero-order chi connectivity index (χ0) is 18.2. The number of urea groups is 1. The molecular formula is C21H25N3O2. The molecule has 1 aliphatic rings. The Morgan fingerprint density at radius 2 is 1.54 bits per heavy atom. The van der Waals surface area contributed by atoms with Gasteiger partial charge in [-0.05, 0) is 36.6 Å². The van der Waals surface area contributed by atoms with E-state index >= 15 is 0 Å². The van der Waals surface area contributed by atoms with Gasteiger partial charge in [0.05, 0.1) is 6.42 Å². The highest BCUT2D eigenvalue weighted by Gasteiger charge is 2.15. The van der Waals surface area contributed by atoms with E-state index in [1.807, 2.05) is 48.5 Å². The summed E-state index contributed by atoms with van der Waals surface area (Å²) in [5.41, 5.74) is 2.29. The Balaban J connectivity index is 1.52. The maximum atomic E-state index is 12.2. The molecule has 0 radical (unpaired) electrons. The van der Waals surface area contributed by atoms with Crippen molar-refractivity contribution in [2.75, 3.05) is 10.6 Å². The first-order valence-corrected chi connectivity index (χ1v) is 9.20. The monoisotopic (exact) mass is 351 g/mol. The average molecular weight is 351 g/mol. The molecule has 3 N–H and O–H groups in total. The van der Waals surface area contributed by atoms with Crippen molar-refractivity contribution in [3.05, 3.63) is 60.2 Å². The Bertz CT molecular complexity index is 740. The maximum Gasteiger partial charge on any atom is 0.319 e. The molecule has 0 unspecified atom stereocenters. The largest absolute Gasteiger partial charge is 0.335 e. The van der Waals surface area contributed by atoms with Gasteiger partial charge >= 0.3 is 6.03 Å². The van der Waals surface area contributed by atoms with Crippen LogP contribution in [0, 0.1) is 0 Å². The molecule has 2 aromatic carbocycles. The van der Waals surface area contributed by atoms with E-state index in [0.717, 1.165) is 18.4 Å². The van der Waals surface area contributed by atoms with E-state index < -0.39 is 0 Å². The molecule has 3 rings (SSSR count). The second-order valence-electron chi connectivity index (χ2n) is 6.72. The summed E-state index contributed by atoms with van der Waals surface area (Å²) < 4.78 is 0. The lowest BCUT2D eigenvalue weighted by molar-refractivity contribution is -0.115. The van der Waals surface area contributed by atoms with Crippen molar-refractivity contribution in [3.8, 4) is 0 Å². The van der Waals surface area contributed by atoms with Crippen LogP contribution in [0.1, 0.15) is 37.7 Å². The van der Waals surface area contributed by atoms with Gasteiger partial charge in [0.2, 0.25) is 5.91 Å². The van der Waals surface area contributed by atoms with Crippen molar-refractivity contribution < 1.29 is 9.59 Å². The van der Waals surface area contributed by atoms with Gasteiger partial charge in [0.1, 0.15) is 0 Å². The molecule has 0 spiro atoms. The summed E-state index contributed by atoms with van der Waals surface area (Å²) >= 11 is 0. The molecule has 0 aromatic heterocycles. The highest BCUT2D eigenvalue weighted by atomic mass is 16.2. The number of hydrogen-bond acceptors (Lipinski definition) is 2. The number of carbonyl (C=O) groups is 2. The first kappa shape index (κ1) is 18.0. The molecule has 0 bridgehead atoms. The molecule has 0 saturated heterocycles. The number of amides is 3. The Morgan fingerprint density at radius 1 is 0.846 bits per heavy atom. The highest BCUT2D eigenvalue weighted by Crippen LogP contribution is 2.18. The van der Waals surface area contributed by atoms with Crippen molar-refractivity contribution >= 4 is 23.3 Å². The van der Waals surface area contributed by atoms with Crippen LogP contribution in [0.15, 0.2) is 54.6 Å². The molecule has 5 nitrogen and oxygen atoms in total. The smallest absolute Gasteiger partial charge is 0.319 e. The number of hydrogen-bond donors (Lipinski definition) is 3. The third-order valence-electron chi connectivity index (χ3n) is 4.55. The summed E-state index contributed by atoms with van der Waals surface area (Å²) in [4.78, 5) is 24.3. The molecule has 0 atom stereocenters. The molecule has 1 aliphatic carbocycles. The van der Waals surface area contributed by atoms with E-state index in [1.165, 1.54) is 19.3 Å². The molecule has 3 amide bonds. The van der Waals surface area contributed by atoms with E-state index in [1.54, 1.807) is 6.07 Å². The van der Waals surface area contributed by atoms with Gasteiger partial charge < -0.3 is 16.0 Å². The fraction of sp³-hybridized carbons (Fsp3) is 0.333. The molecule has 5 heteroatoms. The van der Waals surface area contributed by atoms with Crippen molar-refractivity contribution in [2.45, 2.75) is 44.6 Å². The van der Waals surface area contributed by atoms with Crippen molar-refractivity contribution in [1.82, 2.24) is 5.32 Å². The van der Waals surface area contributed by atoms with Gasteiger partial charge in [0.25, 0.3) is 0 Å². The van der Waals surface area contributed by atoms with Gasteiger partial charge in [0.15, 0.2) is 0 Å². The SMILES string of the molecule is O=C(Cc1ccccc1)Nc1cccc(NC(=O)NC2CCCCC2)c1. The van der Waals surface area contributed by atoms with Gasteiger partial charge in [-0.25, -0.2) is 4.79 Å². The van der Waals surface area contributed by atoms with Crippen LogP contribution < -0.4 is 16.0 Å². The predicted molar refractivity (Wildman–Crippen MR) is 104 cm³/mol. The van der Waals surface area contributed by atoms with Gasteiger partial charge in [0, 0.05) is 17.4 Å². The maximum absolute atomic E-state index is 12.2. The summed E-state index contributed by atoms with van der Waals surface area (Å²) in [5.74, 6) is -0.0833. The number of nitrogens with one attached hydrogen (secondary N) is 3. The third kappa shape index (κ3) is 5.62. The summed E-state index contributed by atoms with van der Waals surface area (Å²) in [6.07, 6.45) is 6.01. The molecule has 1 fully saturated rings. The van der Waals surface area contributed by atoms with Crippen LogP contribution in [0.25, 0.3) is 0 Å². The number of anilines is 2. The molecule has 1 saturated carbocycles. The Morgan fingerprint density at radius 3 is 2.27 bits per heavy atom. The normalized spacial score (nSPS) is 14.5. The van der Waals surface area contributed by atoms with Crippen LogP contribution in [0.4, 0.5) is 16.2 Å². The second kappa shape index (κ2) is 9.04. The lowest BCUT2D eigenvalue weighted by Gasteiger charge is -2.22. The lowest BCUT2D eigenvalue weighted by Crippen LogP contribution is -2.39. The molecule has 26 heavy (non-hydrogen) atoms. The third-order valence-corrected chi connectivity index (χ3v) is 4.55. The lowest BCUT2D eigenvalue weighted by atomic mass is 9.96. The van der Waals surface area contributed by atoms with Gasteiger partial charge in [-0.3, -0.25) is 4.79 Å². The van der Waals surface area contributed by atoms with Crippen LogP contribution in [-0.4, -0.2) is 18.0 Å². The number of carbonyl (C=O) groups excluding carboxylic acids is 2. The van der Waals surface area contributed by atoms with Crippen molar-refractivity contribution in [3.63, 3.8) is 0 Å². The second-order valence-corrected chi connectivity index (χ2v) is 6.72. The van der Waals surface area contributed by atoms with E-state index in [4.69, 9.17) is 0 Å². The van der Waals surface area contributed by atoms with Crippen molar-refractivity contribution in [2.24, 2.45) is 0 Å².